The lowest BCUT2D eigenvalue weighted by molar-refractivity contribution is 0.0191. The number of nitrogens with two attached hydrogens (primary N) is 1. The zero-order valence-electron chi connectivity index (χ0n) is 11.7. The van der Waals surface area contributed by atoms with Crippen molar-refractivity contribution in [3.63, 3.8) is 0 Å². The molecule has 2 unspecified atom stereocenters. The molecule has 0 amide bonds. The van der Waals surface area contributed by atoms with E-state index in [2.05, 4.69) is 4.98 Å². The SMILES string of the molecule is Cc1ccc2cc(C(O)C3(CN)CCOC3)ccc2n1. The van der Waals surface area contributed by atoms with Crippen LogP contribution < -0.4 is 5.73 Å². The first-order chi connectivity index (χ1) is 9.64. The maximum Gasteiger partial charge on any atom is 0.0881 e. The third-order valence-electron chi connectivity index (χ3n) is 4.29. The summed E-state index contributed by atoms with van der Waals surface area (Å²) in [6.07, 6.45) is 0.204. The van der Waals surface area contributed by atoms with Gasteiger partial charge in [0.25, 0.3) is 0 Å². The minimum absolute atomic E-state index is 0.355. The number of aliphatic hydroxyl groups is 1. The summed E-state index contributed by atoms with van der Waals surface area (Å²) < 4.78 is 5.44. The third-order valence-corrected chi connectivity index (χ3v) is 4.29. The van der Waals surface area contributed by atoms with Crippen molar-refractivity contribution in [3.8, 4) is 0 Å². The Balaban J connectivity index is 1.99. The van der Waals surface area contributed by atoms with Gasteiger partial charge in [0.2, 0.25) is 0 Å². The molecule has 2 aromatic rings. The van der Waals surface area contributed by atoms with Crippen molar-refractivity contribution in [3.05, 3.63) is 41.6 Å². The number of pyridine rings is 1. The van der Waals surface area contributed by atoms with E-state index in [1.165, 1.54) is 0 Å². The quantitative estimate of drug-likeness (QED) is 0.896. The Morgan fingerprint density at radius 2 is 2.25 bits per heavy atom. The van der Waals surface area contributed by atoms with Gasteiger partial charge in [-0.15, -0.1) is 0 Å². The van der Waals surface area contributed by atoms with Gasteiger partial charge >= 0.3 is 0 Å². The van der Waals surface area contributed by atoms with Crippen LogP contribution in [-0.4, -0.2) is 29.8 Å². The fourth-order valence-corrected chi connectivity index (χ4v) is 2.88. The Morgan fingerprint density at radius 3 is 2.95 bits per heavy atom. The number of aromatic nitrogens is 1. The van der Waals surface area contributed by atoms with Gasteiger partial charge in [-0.05, 0) is 37.1 Å². The monoisotopic (exact) mass is 272 g/mol. The van der Waals surface area contributed by atoms with Crippen LogP contribution in [0.1, 0.15) is 23.8 Å². The van der Waals surface area contributed by atoms with Gasteiger partial charge in [0, 0.05) is 29.6 Å². The molecule has 0 saturated carbocycles. The molecule has 20 heavy (non-hydrogen) atoms. The van der Waals surface area contributed by atoms with Gasteiger partial charge in [0.05, 0.1) is 18.2 Å². The number of ether oxygens (including phenoxy) is 1. The second kappa shape index (κ2) is 5.13. The maximum atomic E-state index is 10.7. The first kappa shape index (κ1) is 13.5. The molecule has 1 saturated heterocycles. The van der Waals surface area contributed by atoms with Crippen LogP contribution in [0.2, 0.25) is 0 Å². The summed E-state index contributed by atoms with van der Waals surface area (Å²) in [6.45, 7) is 3.59. The van der Waals surface area contributed by atoms with Crippen LogP contribution in [-0.2, 0) is 4.74 Å². The molecule has 0 aliphatic carbocycles. The van der Waals surface area contributed by atoms with Crippen LogP contribution in [0.15, 0.2) is 30.3 Å². The Morgan fingerprint density at radius 1 is 1.40 bits per heavy atom. The van der Waals surface area contributed by atoms with E-state index >= 15 is 0 Å². The van der Waals surface area contributed by atoms with E-state index in [0.717, 1.165) is 28.6 Å². The highest BCUT2D eigenvalue weighted by Crippen LogP contribution is 2.40. The summed E-state index contributed by atoms with van der Waals surface area (Å²) in [7, 11) is 0. The molecule has 1 aromatic carbocycles. The van der Waals surface area contributed by atoms with Gasteiger partial charge in [-0.3, -0.25) is 4.98 Å². The smallest absolute Gasteiger partial charge is 0.0881 e. The van der Waals surface area contributed by atoms with Gasteiger partial charge in [-0.1, -0.05) is 12.1 Å². The predicted octanol–water partition coefficient (Wildman–Crippen LogP) is 1.94. The standard InChI is InChI=1S/C16H20N2O2/c1-11-2-3-12-8-13(4-5-14(12)18-11)15(19)16(9-17)6-7-20-10-16/h2-5,8,15,19H,6-7,9-10,17H2,1H3. The fourth-order valence-electron chi connectivity index (χ4n) is 2.88. The van der Waals surface area contributed by atoms with Crippen molar-refractivity contribution in [2.75, 3.05) is 19.8 Å². The predicted molar refractivity (Wildman–Crippen MR) is 78.4 cm³/mol. The van der Waals surface area contributed by atoms with Crippen LogP contribution in [0.3, 0.4) is 0 Å². The molecule has 2 heterocycles. The van der Waals surface area contributed by atoms with E-state index < -0.39 is 6.10 Å². The summed E-state index contributed by atoms with van der Waals surface area (Å²) >= 11 is 0. The summed E-state index contributed by atoms with van der Waals surface area (Å²) in [5, 5.41) is 11.7. The number of hydrogen-bond acceptors (Lipinski definition) is 4. The van der Waals surface area contributed by atoms with E-state index in [1.807, 2.05) is 37.3 Å². The Hall–Kier alpha value is -1.49. The summed E-state index contributed by atoms with van der Waals surface area (Å²) in [6, 6.07) is 9.92. The summed E-state index contributed by atoms with van der Waals surface area (Å²) in [5.74, 6) is 0. The first-order valence-electron chi connectivity index (χ1n) is 6.98. The highest BCUT2D eigenvalue weighted by molar-refractivity contribution is 5.79. The number of rotatable bonds is 3. The number of fused-ring (bicyclic) bond motifs is 1. The third kappa shape index (κ3) is 2.20. The summed E-state index contributed by atoms with van der Waals surface area (Å²) in [5.41, 5.74) is 8.36. The molecule has 3 N–H and O–H groups in total. The molecular formula is C16H20N2O2. The molecule has 1 aromatic heterocycles. The number of benzene rings is 1. The molecule has 1 aliphatic rings. The van der Waals surface area contributed by atoms with Crippen LogP contribution in [0.25, 0.3) is 10.9 Å². The maximum absolute atomic E-state index is 10.7. The zero-order chi connectivity index (χ0) is 14.2. The molecule has 4 heteroatoms. The van der Waals surface area contributed by atoms with Crippen molar-refractivity contribution in [1.82, 2.24) is 4.98 Å². The zero-order valence-corrected chi connectivity index (χ0v) is 11.7. The number of nitrogens with zero attached hydrogens (tertiary/aromatic N) is 1. The average molecular weight is 272 g/mol. The normalized spacial score (nSPS) is 24.1. The first-order valence-corrected chi connectivity index (χ1v) is 6.98. The van der Waals surface area contributed by atoms with Gasteiger partial charge in [0.1, 0.15) is 0 Å². The van der Waals surface area contributed by atoms with E-state index in [0.29, 0.717) is 19.8 Å². The number of hydrogen-bond donors (Lipinski definition) is 2. The molecule has 0 spiro atoms. The summed E-state index contributed by atoms with van der Waals surface area (Å²) in [4.78, 5) is 4.48. The van der Waals surface area contributed by atoms with Gasteiger partial charge in [-0.2, -0.15) is 0 Å². The van der Waals surface area contributed by atoms with E-state index in [9.17, 15) is 5.11 Å². The van der Waals surface area contributed by atoms with E-state index in [1.54, 1.807) is 0 Å². The minimum atomic E-state index is -0.597. The Kier molecular flexibility index (Phi) is 3.46. The molecule has 3 rings (SSSR count). The van der Waals surface area contributed by atoms with Crippen LogP contribution in [0.4, 0.5) is 0 Å². The average Bonchev–Trinajstić information content (AvgIpc) is 2.96. The molecule has 0 radical (unpaired) electrons. The molecule has 0 bridgehead atoms. The van der Waals surface area contributed by atoms with Crippen LogP contribution >= 0.6 is 0 Å². The lowest BCUT2D eigenvalue weighted by atomic mass is 9.78. The van der Waals surface area contributed by atoms with Crippen molar-refractivity contribution < 1.29 is 9.84 Å². The molecule has 106 valence electrons. The molecular weight excluding hydrogens is 252 g/mol. The van der Waals surface area contributed by atoms with Crippen molar-refractivity contribution in [1.29, 1.82) is 0 Å². The number of aryl methyl sites for hydroxylation is 1. The largest absolute Gasteiger partial charge is 0.388 e. The van der Waals surface area contributed by atoms with Crippen LogP contribution in [0, 0.1) is 12.3 Å². The lowest BCUT2D eigenvalue weighted by Gasteiger charge is -2.31. The molecule has 1 aliphatic heterocycles. The Labute approximate surface area is 118 Å². The van der Waals surface area contributed by atoms with Crippen LogP contribution in [0.5, 0.6) is 0 Å². The molecule has 4 nitrogen and oxygen atoms in total. The van der Waals surface area contributed by atoms with Crippen molar-refractivity contribution in [2.24, 2.45) is 11.1 Å². The minimum Gasteiger partial charge on any atom is -0.388 e. The second-order valence-corrected chi connectivity index (χ2v) is 5.68. The molecule has 1 fully saturated rings. The molecule has 2 atom stereocenters. The Bertz CT molecular complexity index is 621. The lowest BCUT2D eigenvalue weighted by Crippen LogP contribution is -2.37. The number of aliphatic hydroxyl groups excluding tert-OH is 1. The highest BCUT2D eigenvalue weighted by Gasteiger charge is 2.41. The fraction of sp³-hybridized carbons (Fsp3) is 0.438. The van der Waals surface area contributed by atoms with Gasteiger partial charge in [-0.25, -0.2) is 0 Å². The highest BCUT2D eigenvalue weighted by atomic mass is 16.5. The van der Waals surface area contributed by atoms with Gasteiger partial charge < -0.3 is 15.6 Å². The van der Waals surface area contributed by atoms with Crippen molar-refractivity contribution >= 4 is 10.9 Å². The van der Waals surface area contributed by atoms with E-state index in [-0.39, 0.29) is 5.41 Å². The van der Waals surface area contributed by atoms with Gasteiger partial charge in [0.15, 0.2) is 0 Å². The van der Waals surface area contributed by atoms with Crippen molar-refractivity contribution in [2.45, 2.75) is 19.4 Å². The van der Waals surface area contributed by atoms with E-state index in [4.69, 9.17) is 10.5 Å². The second-order valence-electron chi connectivity index (χ2n) is 5.68. The topological polar surface area (TPSA) is 68.4 Å².